The van der Waals surface area contributed by atoms with Crippen LogP contribution in [0.3, 0.4) is 0 Å². The van der Waals surface area contributed by atoms with Crippen molar-refractivity contribution in [2.45, 2.75) is 37.8 Å². The topological polar surface area (TPSA) is 61.9 Å². The first kappa shape index (κ1) is 25.2. The molecule has 5 rings (SSSR count). The number of piperidine rings is 1. The molecule has 0 radical (unpaired) electrons. The van der Waals surface area contributed by atoms with Crippen molar-refractivity contribution in [3.8, 4) is 5.75 Å². The molecule has 3 aromatic carbocycles. The predicted octanol–water partition coefficient (Wildman–Crippen LogP) is 5.51. The molecule has 1 heterocycles. The van der Waals surface area contributed by atoms with E-state index in [0.29, 0.717) is 16.1 Å². The van der Waals surface area contributed by atoms with Crippen LogP contribution in [0.4, 0.5) is 5.69 Å². The van der Waals surface area contributed by atoms with Gasteiger partial charge in [0.05, 0.1) is 23.7 Å². The largest absolute Gasteiger partial charge is 0.497 e. The van der Waals surface area contributed by atoms with Gasteiger partial charge in [-0.2, -0.15) is 0 Å². The SMILES string of the molecule is COc1ccc(N2CCC(N(C)C(=O)c3ccc4c(c3)[C@H](NC(=O)c3ccccc3Cl)CC4)CC2)cc1. The Morgan fingerprint density at radius 3 is 2.43 bits per heavy atom. The van der Waals surface area contributed by atoms with E-state index < -0.39 is 0 Å². The summed E-state index contributed by atoms with van der Waals surface area (Å²) < 4.78 is 5.26. The number of benzene rings is 3. The van der Waals surface area contributed by atoms with Gasteiger partial charge in [-0.05, 0) is 85.3 Å². The highest BCUT2D eigenvalue weighted by molar-refractivity contribution is 6.33. The normalized spacial score (nSPS) is 17.3. The molecule has 0 spiro atoms. The van der Waals surface area contributed by atoms with Crippen molar-refractivity contribution in [2.75, 3.05) is 32.1 Å². The number of rotatable bonds is 6. The molecule has 2 aliphatic rings. The Bertz CT molecular complexity index is 1290. The molecule has 192 valence electrons. The van der Waals surface area contributed by atoms with Gasteiger partial charge in [0.2, 0.25) is 0 Å². The summed E-state index contributed by atoms with van der Waals surface area (Å²) in [6.45, 7) is 1.80. The molecule has 3 aromatic rings. The summed E-state index contributed by atoms with van der Waals surface area (Å²) in [5, 5.41) is 3.55. The van der Waals surface area contributed by atoms with Gasteiger partial charge >= 0.3 is 0 Å². The van der Waals surface area contributed by atoms with Crippen LogP contribution in [0.5, 0.6) is 5.75 Å². The zero-order chi connectivity index (χ0) is 25.9. The van der Waals surface area contributed by atoms with Gasteiger partial charge in [-0.15, -0.1) is 0 Å². The lowest BCUT2D eigenvalue weighted by Crippen LogP contribution is -2.45. The van der Waals surface area contributed by atoms with E-state index in [1.165, 1.54) is 11.3 Å². The summed E-state index contributed by atoms with van der Waals surface area (Å²) in [5.41, 5.74) is 4.51. The number of hydrogen-bond donors (Lipinski definition) is 1. The molecule has 0 aromatic heterocycles. The molecule has 1 aliphatic heterocycles. The van der Waals surface area contributed by atoms with Crippen LogP contribution in [0.15, 0.2) is 66.7 Å². The fraction of sp³-hybridized carbons (Fsp3) is 0.333. The van der Waals surface area contributed by atoms with Crippen LogP contribution in [-0.2, 0) is 6.42 Å². The summed E-state index contributed by atoms with van der Waals surface area (Å²) in [7, 11) is 3.57. The summed E-state index contributed by atoms with van der Waals surface area (Å²) in [6.07, 6.45) is 3.51. The lowest BCUT2D eigenvalue weighted by Gasteiger charge is -2.38. The average Bonchev–Trinajstić information content (AvgIpc) is 3.34. The molecule has 1 fully saturated rings. The number of carbonyl (C=O) groups is 2. The van der Waals surface area contributed by atoms with Crippen LogP contribution in [-0.4, -0.2) is 50.0 Å². The number of fused-ring (bicyclic) bond motifs is 1. The number of nitrogens with one attached hydrogen (secondary N) is 1. The maximum Gasteiger partial charge on any atom is 0.253 e. The molecule has 0 bridgehead atoms. The van der Waals surface area contributed by atoms with Crippen LogP contribution in [0, 0.1) is 0 Å². The maximum absolute atomic E-state index is 13.5. The van der Waals surface area contributed by atoms with E-state index in [0.717, 1.165) is 50.1 Å². The third-order valence-corrected chi connectivity index (χ3v) is 7.99. The van der Waals surface area contributed by atoms with Gasteiger partial charge in [0.15, 0.2) is 0 Å². The molecule has 1 atom stereocenters. The third-order valence-electron chi connectivity index (χ3n) is 7.66. The monoisotopic (exact) mass is 517 g/mol. The van der Waals surface area contributed by atoms with Crippen LogP contribution in [0.2, 0.25) is 5.02 Å². The van der Waals surface area contributed by atoms with E-state index in [1.54, 1.807) is 31.4 Å². The minimum Gasteiger partial charge on any atom is -0.497 e. The van der Waals surface area contributed by atoms with E-state index in [9.17, 15) is 9.59 Å². The minimum absolute atomic E-state index is 0.0220. The highest BCUT2D eigenvalue weighted by Crippen LogP contribution is 2.33. The number of aryl methyl sites for hydroxylation is 1. The summed E-state index contributed by atoms with van der Waals surface area (Å²) in [6, 6.07) is 21.1. The molecule has 6 nitrogen and oxygen atoms in total. The van der Waals surface area contributed by atoms with Gasteiger partial charge in [0.1, 0.15) is 5.75 Å². The first-order valence-electron chi connectivity index (χ1n) is 12.8. The highest BCUT2D eigenvalue weighted by Gasteiger charge is 2.29. The molecular weight excluding hydrogens is 486 g/mol. The Labute approximate surface area is 223 Å². The molecule has 1 saturated heterocycles. The van der Waals surface area contributed by atoms with Gasteiger partial charge in [-0.1, -0.05) is 29.8 Å². The zero-order valence-electron chi connectivity index (χ0n) is 21.2. The molecule has 2 amide bonds. The minimum atomic E-state index is -0.194. The molecule has 0 unspecified atom stereocenters. The van der Waals surface area contributed by atoms with Crippen molar-refractivity contribution in [1.82, 2.24) is 10.2 Å². The summed E-state index contributed by atoms with van der Waals surface area (Å²) in [5.74, 6) is 0.679. The van der Waals surface area contributed by atoms with Crippen molar-refractivity contribution in [2.24, 2.45) is 0 Å². The highest BCUT2D eigenvalue weighted by atomic mass is 35.5. The predicted molar refractivity (Wildman–Crippen MR) is 147 cm³/mol. The van der Waals surface area contributed by atoms with Gasteiger partial charge in [-0.25, -0.2) is 0 Å². The second-order valence-corrected chi connectivity index (χ2v) is 10.2. The first-order valence-corrected chi connectivity index (χ1v) is 13.2. The fourth-order valence-corrected chi connectivity index (χ4v) is 5.66. The smallest absolute Gasteiger partial charge is 0.253 e. The molecular formula is C30H32ClN3O3. The number of hydrogen-bond acceptors (Lipinski definition) is 4. The van der Waals surface area contributed by atoms with Crippen molar-refractivity contribution >= 4 is 29.1 Å². The average molecular weight is 518 g/mol. The van der Waals surface area contributed by atoms with Crippen LogP contribution in [0.25, 0.3) is 0 Å². The van der Waals surface area contributed by atoms with E-state index in [2.05, 4.69) is 22.3 Å². The summed E-state index contributed by atoms with van der Waals surface area (Å²) in [4.78, 5) is 30.5. The Balaban J connectivity index is 1.23. The summed E-state index contributed by atoms with van der Waals surface area (Å²) >= 11 is 6.22. The lowest BCUT2D eigenvalue weighted by molar-refractivity contribution is 0.0709. The van der Waals surface area contributed by atoms with Crippen molar-refractivity contribution in [3.05, 3.63) is 94.0 Å². The number of amides is 2. The Kier molecular flexibility index (Phi) is 7.38. The third kappa shape index (κ3) is 5.30. The van der Waals surface area contributed by atoms with E-state index in [1.807, 2.05) is 42.3 Å². The molecule has 37 heavy (non-hydrogen) atoms. The second-order valence-electron chi connectivity index (χ2n) is 9.79. The van der Waals surface area contributed by atoms with Gasteiger partial charge in [0.25, 0.3) is 11.8 Å². The number of methoxy groups -OCH3 is 1. The number of anilines is 1. The number of carbonyl (C=O) groups excluding carboxylic acids is 2. The van der Waals surface area contributed by atoms with Crippen molar-refractivity contribution in [1.29, 1.82) is 0 Å². The van der Waals surface area contributed by atoms with Crippen molar-refractivity contribution < 1.29 is 14.3 Å². The zero-order valence-corrected chi connectivity index (χ0v) is 22.0. The number of nitrogens with zero attached hydrogens (tertiary/aromatic N) is 2. The standard InChI is InChI=1S/C30H32ClN3O3/c1-33(22-15-17-34(18-16-22)23-10-12-24(37-2)13-11-23)30(36)21-8-7-20-9-14-28(26(20)19-21)32-29(35)25-5-3-4-6-27(25)31/h3-8,10-13,19,22,28H,9,14-18H2,1-2H3,(H,32,35)/t28-/m1/s1. The maximum atomic E-state index is 13.5. The Morgan fingerprint density at radius 1 is 1.00 bits per heavy atom. The van der Waals surface area contributed by atoms with Gasteiger partial charge < -0.3 is 19.9 Å². The van der Waals surface area contributed by atoms with Crippen LogP contribution in [0.1, 0.15) is 57.1 Å². The molecule has 1 N–H and O–H groups in total. The van der Waals surface area contributed by atoms with E-state index >= 15 is 0 Å². The lowest BCUT2D eigenvalue weighted by atomic mass is 10.00. The molecule has 0 saturated carbocycles. The fourth-order valence-electron chi connectivity index (χ4n) is 5.44. The first-order chi connectivity index (χ1) is 17.9. The van der Waals surface area contributed by atoms with E-state index in [-0.39, 0.29) is 23.9 Å². The van der Waals surface area contributed by atoms with Crippen LogP contribution < -0.4 is 15.0 Å². The quantitative estimate of drug-likeness (QED) is 0.468. The molecule has 1 aliphatic carbocycles. The number of ether oxygens (including phenoxy) is 1. The molecule has 7 heteroatoms. The number of halogens is 1. The Morgan fingerprint density at radius 2 is 1.73 bits per heavy atom. The van der Waals surface area contributed by atoms with Crippen LogP contribution >= 0.6 is 11.6 Å². The van der Waals surface area contributed by atoms with E-state index in [4.69, 9.17) is 16.3 Å². The van der Waals surface area contributed by atoms with Gasteiger partial charge in [-0.3, -0.25) is 9.59 Å². The van der Waals surface area contributed by atoms with Crippen molar-refractivity contribution in [3.63, 3.8) is 0 Å². The Hall–Kier alpha value is -3.51. The van der Waals surface area contributed by atoms with Gasteiger partial charge in [0, 0.05) is 37.4 Å². The second kappa shape index (κ2) is 10.9.